The van der Waals surface area contributed by atoms with Crippen molar-refractivity contribution in [1.82, 2.24) is 15.0 Å². The first kappa shape index (κ1) is 28.3. The number of hydrogen-bond acceptors (Lipinski definition) is 8. The van der Waals surface area contributed by atoms with Crippen LogP contribution >= 0.6 is 15.9 Å². The molecule has 0 spiro atoms. The van der Waals surface area contributed by atoms with Crippen LogP contribution in [0.15, 0.2) is 99.1 Å². The Morgan fingerprint density at radius 2 is 1.83 bits per heavy atom. The molecule has 42 heavy (non-hydrogen) atoms. The zero-order valence-corrected chi connectivity index (χ0v) is 24.1. The molecule has 0 atom stereocenters. The fraction of sp³-hybridized carbons (Fsp3) is 0.100. The number of aromatic nitrogens is 2. The molecular formula is C30H24BrN5O6. The van der Waals surface area contributed by atoms with Gasteiger partial charge in [0.15, 0.2) is 5.76 Å². The number of nitrogens with one attached hydrogen (secondary N) is 1. The molecule has 0 aliphatic rings. The van der Waals surface area contributed by atoms with Crippen molar-refractivity contribution < 1.29 is 23.6 Å². The van der Waals surface area contributed by atoms with Crippen molar-refractivity contribution in [2.75, 3.05) is 0 Å². The third-order valence-electron chi connectivity index (χ3n) is 6.12. The van der Waals surface area contributed by atoms with Crippen molar-refractivity contribution in [2.24, 2.45) is 5.10 Å². The molecule has 0 radical (unpaired) electrons. The summed E-state index contributed by atoms with van der Waals surface area (Å²) in [6.07, 6.45) is 2.50. The molecule has 1 amide bonds. The molecule has 2 aromatic carbocycles. The van der Waals surface area contributed by atoms with E-state index < -0.39 is 10.8 Å². The Balaban J connectivity index is 1.17. The summed E-state index contributed by atoms with van der Waals surface area (Å²) in [6.45, 7) is 4.26. The summed E-state index contributed by atoms with van der Waals surface area (Å²) in [4.78, 5) is 26.8. The van der Waals surface area contributed by atoms with Gasteiger partial charge in [0.05, 0.1) is 11.1 Å². The average molecular weight is 630 g/mol. The number of hydrogen-bond donors (Lipinski definition) is 1. The molecule has 5 aromatic rings. The van der Waals surface area contributed by atoms with Crippen LogP contribution in [0.25, 0.3) is 5.69 Å². The maximum absolute atomic E-state index is 12.6. The zero-order valence-electron chi connectivity index (χ0n) is 22.5. The van der Waals surface area contributed by atoms with E-state index in [9.17, 15) is 14.9 Å². The van der Waals surface area contributed by atoms with Crippen molar-refractivity contribution in [3.63, 3.8) is 0 Å². The standard InChI is InChI=1S/C30H24BrN5O6/c1-19-3-4-20(2)35(19)23-6-9-25(10-7-23)40-18-26-11-13-28(41-26)30(37)34-33-16-21-15-22(31)5-12-27(21)42-29-14-8-24(17-32-29)36(38)39/h3-17H,18H2,1-2H3,(H,34,37)/b33-16+. The minimum atomic E-state index is -0.547. The molecule has 0 unspecified atom stereocenters. The lowest BCUT2D eigenvalue weighted by Crippen LogP contribution is -2.16. The van der Waals surface area contributed by atoms with Crippen LogP contribution in [0.1, 0.15) is 33.3 Å². The first-order valence-corrected chi connectivity index (χ1v) is 13.4. The highest BCUT2D eigenvalue weighted by Crippen LogP contribution is 2.27. The third-order valence-corrected chi connectivity index (χ3v) is 6.61. The number of aryl methyl sites for hydroxylation is 2. The number of furan rings is 1. The Bertz CT molecular complexity index is 1740. The minimum Gasteiger partial charge on any atom is -0.486 e. The molecule has 3 aromatic heterocycles. The summed E-state index contributed by atoms with van der Waals surface area (Å²) in [6, 6.07) is 22.9. The van der Waals surface area contributed by atoms with Gasteiger partial charge in [-0.25, -0.2) is 10.4 Å². The zero-order chi connectivity index (χ0) is 29.6. The van der Waals surface area contributed by atoms with Gasteiger partial charge in [-0.1, -0.05) is 15.9 Å². The predicted octanol–water partition coefficient (Wildman–Crippen LogP) is 6.89. The number of nitro groups is 1. The van der Waals surface area contributed by atoms with Gasteiger partial charge < -0.3 is 18.5 Å². The molecule has 0 saturated carbocycles. The van der Waals surface area contributed by atoms with Crippen molar-refractivity contribution in [3.05, 3.63) is 128 Å². The molecule has 12 heteroatoms. The van der Waals surface area contributed by atoms with E-state index in [0.29, 0.717) is 22.8 Å². The number of rotatable bonds is 10. The molecule has 0 aliphatic carbocycles. The normalized spacial score (nSPS) is 11.0. The fourth-order valence-electron chi connectivity index (χ4n) is 4.08. The van der Waals surface area contributed by atoms with E-state index in [1.165, 1.54) is 24.4 Å². The number of halogens is 1. The van der Waals surface area contributed by atoms with Crippen LogP contribution in [-0.4, -0.2) is 26.6 Å². The molecule has 0 bridgehead atoms. The van der Waals surface area contributed by atoms with E-state index in [-0.39, 0.29) is 23.9 Å². The smallest absolute Gasteiger partial charge is 0.307 e. The quantitative estimate of drug-likeness (QED) is 0.101. The highest BCUT2D eigenvalue weighted by molar-refractivity contribution is 9.10. The molecule has 11 nitrogen and oxygen atoms in total. The second-order valence-corrected chi connectivity index (χ2v) is 10.0. The molecular weight excluding hydrogens is 606 g/mol. The molecule has 5 rings (SSSR count). The van der Waals surface area contributed by atoms with Crippen LogP contribution in [0.4, 0.5) is 5.69 Å². The summed E-state index contributed by atoms with van der Waals surface area (Å²) >= 11 is 3.39. The molecule has 1 N–H and O–H groups in total. The highest BCUT2D eigenvalue weighted by atomic mass is 79.9. The number of ether oxygens (including phenoxy) is 2. The Morgan fingerprint density at radius 3 is 2.52 bits per heavy atom. The second kappa shape index (κ2) is 12.5. The average Bonchev–Trinajstić information content (AvgIpc) is 3.60. The molecule has 3 heterocycles. The van der Waals surface area contributed by atoms with Gasteiger partial charge in [0.25, 0.3) is 5.69 Å². The van der Waals surface area contributed by atoms with Crippen LogP contribution < -0.4 is 14.9 Å². The Labute approximate surface area is 248 Å². The number of hydrazone groups is 1. The summed E-state index contributed by atoms with van der Waals surface area (Å²) in [5.41, 5.74) is 6.14. The number of carbonyl (C=O) groups excluding carboxylic acids is 1. The van der Waals surface area contributed by atoms with Crippen LogP contribution in [0.2, 0.25) is 0 Å². The van der Waals surface area contributed by atoms with Crippen LogP contribution in [0, 0.1) is 24.0 Å². The van der Waals surface area contributed by atoms with Crippen LogP contribution in [0.5, 0.6) is 17.4 Å². The largest absolute Gasteiger partial charge is 0.486 e. The van der Waals surface area contributed by atoms with E-state index in [4.69, 9.17) is 13.9 Å². The van der Waals surface area contributed by atoms with E-state index in [2.05, 4.69) is 62.0 Å². The van der Waals surface area contributed by atoms with Crippen molar-refractivity contribution >= 4 is 33.7 Å². The van der Waals surface area contributed by atoms with Crippen LogP contribution in [0.3, 0.4) is 0 Å². The first-order chi connectivity index (χ1) is 20.3. The number of amides is 1. The lowest BCUT2D eigenvalue weighted by atomic mass is 10.2. The van der Waals surface area contributed by atoms with Gasteiger partial charge in [-0.3, -0.25) is 14.9 Å². The van der Waals surface area contributed by atoms with Gasteiger partial charge >= 0.3 is 5.91 Å². The topological polar surface area (TPSA) is 134 Å². The summed E-state index contributed by atoms with van der Waals surface area (Å²) < 4.78 is 20.1. The van der Waals surface area contributed by atoms with Crippen molar-refractivity contribution in [3.8, 4) is 23.1 Å². The Morgan fingerprint density at radius 1 is 1.07 bits per heavy atom. The Hall–Kier alpha value is -5.23. The molecule has 0 fully saturated rings. The summed E-state index contributed by atoms with van der Waals surface area (Å²) in [5.74, 6) is 1.21. The van der Waals surface area contributed by atoms with Gasteiger partial charge in [0.1, 0.15) is 30.1 Å². The van der Waals surface area contributed by atoms with E-state index in [1.807, 2.05) is 24.3 Å². The van der Waals surface area contributed by atoms with E-state index in [0.717, 1.165) is 27.7 Å². The number of pyridine rings is 1. The SMILES string of the molecule is Cc1ccc(C)n1-c1ccc(OCc2ccc(C(=O)N/N=C/c3cc(Br)ccc3Oc3ccc([N+](=O)[O-])cn3)o2)cc1. The van der Waals surface area contributed by atoms with E-state index in [1.54, 1.807) is 24.3 Å². The van der Waals surface area contributed by atoms with Crippen molar-refractivity contribution in [1.29, 1.82) is 0 Å². The lowest BCUT2D eigenvalue weighted by molar-refractivity contribution is -0.385. The fourth-order valence-corrected chi connectivity index (χ4v) is 4.46. The number of carbonyl (C=O) groups is 1. The maximum atomic E-state index is 12.6. The second-order valence-electron chi connectivity index (χ2n) is 9.10. The highest BCUT2D eigenvalue weighted by Gasteiger charge is 2.13. The number of nitrogens with zero attached hydrogens (tertiary/aromatic N) is 4. The summed E-state index contributed by atoms with van der Waals surface area (Å²) in [5, 5.41) is 14.9. The van der Waals surface area contributed by atoms with Gasteiger partial charge in [-0.2, -0.15) is 5.10 Å². The predicted molar refractivity (Wildman–Crippen MR) is 158 cm³/mol. The maximum Gasteiger partial charge on any atom is 0.307 e. The van der Waals surface area contributed by atoms with E-state index >= 15 is 0 Å². The Kier molecular flexibility index (Phi) is 8.44. The molecule has 0 aliphatic heterocycles. The number of benzene rings is 2. The molecule has 212 valence electrons. The molecule has 0 saturated heterocycles. The third kappa shape index (κ3) is 6.73. The van der Waals surface area contributed by atoms with Crippen LogP contribution in [-0.2, 0) is 6.61 Å². The van der Waals surface area contributed by atoms with Crippen molar-refractivity contribution in [2.45, 2.75) is 20.5 Å². The first-order valence-electron chi connectivity index (χ1n) is 12.6. The minimum absolute atomic E-state index is 0.0699. The van der Waals surface area contributed by atoms with Gasteiger partial charge in [-0.15, -0.1) is 0 Å². The lowest BCUT2D eigenvalue weighted by Gasteiger charge is -2.10. The van der Waals surface area contributed by atoms with Gasteiger partial charge in [0, 0.05) is 39.2 Å². The monoisotopic (exact) mass is 629 g/mol. The van der Waals surface area contributed by atoms with Gasteiger partial charge in [-0.05, 0) is 80.6 Å². The summed E-state index contributed by atoms with van der Waals surface area (Å²) in [7, 11) is 0. The van der Waals surface area contributed by atoms with Gasteiger partial charge in [0.2, 0.25) is 5.88 Å².